The summed E-state index contributed by atoms with van der Waals surface area (Å²) in [4.78, 5) is 4.29. The van der Waals surface area contributed by atoms with Crippen LogP contribution in [0.5, 0.6) is 11.6 Å². The van der Waals surface area contributed by atoms with Crippen LogP contribution in [-0.2, 0) is 0 Å². The second-order valence-corrected chi connectivity index (χ2v) is 4.57. The number of benzene rings is 1. The third-order valence-electron chi connectivity index (χ3n) is 2.01. The maximum absolute atomic E-state index is 5.86. The molecule has 0 amide bonds. The van der Waals surface area contributed by atoms with Crippen LogP contribution in [0.25, 0.3) is 0 Å². The lowest BCUT2D eigenvalue weighted by Gasteiger charge is -2.06. The van der Waals surface area contributed by atoms with E-state index < -0.39 is 0 Å². The predicted octanol–water partition coefficient (Wildman–Crippen LogP) is 4.60. The summed E-state index contributed by atoms with van der Waals surface area (Å²) < 4.78 is 6.54. The fraction of sp³-hybridized carbons (Fsp3) is 0.0833. The largest absolute Gasteiger partial charge is 0.439 e. The lowest BCUT2D eigenvalue weighted by atomic mass is 10.3. The number of nitrogens with zero attached hydrogens (tertiary/aromatic N) is 1. The fourth-order valence-electron chi connectivity index (χ4n) is 1.23. The predicted molar refractivity (Wildman–Crippen MR) is 68.2 cm³/mol. The first-order valence-electron chi connectivity index (χ1n) is 4.72. The molecule has 2 aromatic rings. The molecular weight excluding hydrogens is 289 g/mol. The van der Waals surface area contributed by atoms with Crippen molar-refractivity contribution in [1.82, 2.24) is 4.98 Å². The van der Waals surface area contributed by atoms with Gasteiger partial charge in [-0.25, -0.2) is 4.98 Å². The molecule has 0 unspecified atom stereocenters. The monoisotopic (exact) mass is 297 g/mol. The first-order chi connectivity index (χ1) is 7.65. The van der Waals surface area contributed by atoms with Gasteiger partial charge in [-0.15, -0.1) is 0 Å². The van der Waals surface area contributed by atoms with Crippen LogP contribution in [0.1, 0.15) is 5.69 Å². The molecule has 0 atom stereocenters. The SMILES string of the molecule is Cc1nc(Oc2cccc(Cl)c2)ccc1Br. The summed E-state index contributed by atoms with van der Waals surface area (Å²) >= 11 is 9.25. The summed E-state index contributed by atoms with van der Waals surface area (Å²) in [5.41, 5.74) is 0.888. The highest BCUT2D eigenvalue weighted by Crippen LogP contribution is 2.24. The molecule has 16 heavy (non-hydrogen) atoms. The lowest BCUT2D eigenvalue weighted by Crippen LogP contribution is -1.90. The van der Waals surface area contributed by atoms with Crippen LogP contribution >= 0.6 is 27.5 Å². The number of aromatic nitrogens is 1. The molecule has 4 heteroatoms. The number of pyridine rings is 1. The van der Waals surface area contributed by atoms with E-state index in [2.05, 4.69) is 20.9 Å². The first-order valence-corrected chi connectivity index (χ1v) is 5.89. The molecule has 0 spiro atoms. The van der Waals surface area contributed by atoms with Gasteiger partial charge in [0.1, 0.15) is 5.75 Å². The van der Waals surface area contributed by atoms with Crippen LogP contribution < -0.4 is 4.74 Å². The van der Waals surface area contributed by atoms with Gasteiger partial charge in [-0.3, -0.25) is 0 Å². The van der Waals surface area contributed by atoms with E-state index in [1.807, 2.05) is 25.1 Å². The minimum atomic E-state index is 0.558. The summed E-state index contributed by atoms with van der Waals surface area (Å²) in [5, 5.41) is 0.645. The summed E-state index contributed by atoms with van der Waals surface area (Å²) in [7, 11) is 0. The molecule has 0 N–H and O–H groups in total. The second kappa shape index (κ2) is 4.85. The Balaban J connectivity index is 2.24. The molecule has 0 saturated heterocycles. The number of rotatable bonds is 2. The van der Waals surface area contributed by atoms with Crippen molar-refractivity contribution in [2.24, 2.45) is 0 Å². The van der Waals surface area contributed by atoms with E-state index in [1.165, 1.54) is 0 Å². The topological polar surface area (TPSA) is 22.1 Å². The molecule has 2 rings (SSSR count). The van der Waals surface area contributed by atoms with Crippen molar-refractivity contribution >= 4 is 27.5 Å². The zero-order valence-electron chi connectivity index (χ0n) is 8.58. The Hall–Kier alpha value is -1.06. The third kappa shape index (κ3) is 2.74. The van der Waals surface area contributed by atoms with Gasteiger partial charge in [0.2, 0.25) is 5.88 Å². The van der Waals surface area contributed by atoms with Gasteiger partial charge in [-0.05, 0) is 47.1 Å². The Morgan fingerprint density at radius 2 is 2.06 bits per heavy atom. The van der Waals surface area contributed by atoms with Crippen LogP contribution in [-0.4, -0.2) is 4.98 Å². The van der Waals surface area contributed by atoms with E-state index in [9.17, 15) is 0 Å². The Labute approximate surface area is 107 Å². The van der Waals surface area contributed by atoms with Gasteiger partial charge in [-0.1, -0.05) is 17.7 Å². The average Bonchev–Trinajstić information content (AvgIpc) is 2.24. The molecule has 82 valence electrons. The molecule has 0 aliphatic rings. The summed E-state index contributed by atoms with van der Waals surface area (Å²) in [6.45, 7) is 1.91. The van der Waals surface area contributed by atoms with E-state index in [4.69, 9.17) is 16.3 Å². The van der Waals surface area contributed by atoms with E-state index in [0.29, 0.717) is 16.7 Å². The number of aryl methyl sites for hydroxylation is 1. The van der Waals surface area contributed by atoms with Crippen LogP contribution in [0.3, 0.4) is 0 Å². The molecule has 2 nitrogen and oxygen atoms in total. The highest BCUT2D eigenvalue weighted by molar-refractivity contribution is 9.10. The van der Waals surface area contributed by atoms with Crippen LogP contribution in [0.2, 0.25) is 5.02 Å². The van der Waals surface area contributed by atoms with Crippen LogP contribution in [0.4, 0.5) is 0 Å². The third-order valence-corrected chi connectivity index (χ3v) is 3.09. The molecule has 0 aliphatic heterocycles. The molecule has 0 saturated carbocycles. The van der Waals surface area contributed by atoms with Gasteiger partial charge in [0, 0.05) is 15.6 Å². The van der Waals surface area contributed by atoms with Gasteiger partial charge in [0.25, 0.3) is 0 Å². The zero-order valence-corrected chi connectivity index (χ0v) is 10.9. The van der Waals surface area contributed by atoms with Crippen molar-refractivity contribution in [2.45, 2.75) is 6.92 Å². The zero-order chi connectivity index (χ0) is 11.5. The Morgan fingerprint density at radius 1 is 1.25 bits per heavy atom. The Bertz CT molecular complexity index is 516. The Kier molecular flexibility index (Phi) is 3.46. The molecule has 0 aliphatic carbocycles. The summed E-state index contributed by atoms with van der Waals surface area (Å²) in [6, 6.07) is 10.9. The van der Waals surface area contributed by atoms with Gasteiger partial charge in [0.15, 0.2) is 0 Å². The number of hydrogen-bond donors (Lipinski definition) is 0. The van der Waals surface area contributed by atoms with Gasteiger partial charge in [-0.2, -0.15) is 0 Å². The van der Waals surface area contributed by atoms with Crippen molar-refractivity contribution in [3.05, 3.63) is 51.6 Å². The maximum Gasteiger partial charge on any atom is 0.219 e. The van der Waals surface area contributed by atoms with Crippen LogP contribution in [0.15, 0.2) is 40.9 Å². The smallest absolute Gasteiger partial charge is 0.219 e. The van der Waals surface area contributed by atoms with Gasteiger partial charge < -0.3 is 4.74 Å². The highest BCUT2D eigenvalue weighted by Gasteiger charge is 2.02. The van der Waals surface area contributed by atoms with Crippen molar-refractivity contribution < 1.29 is 4.74 Å². The normalized spacial score (nSPS) is 10.2. The number of hydrogen-bond acceptors (Lipinski definition) is 2. The molecule has 1 aromatic carbocycles. The van der Waals surface area contributed by atoms with Crippen molar-refractivity contribution in [1.29, 1.82) is 0 Å². The standard InChI is InChI=1S/C12H9BrClNO/c1-8-11(13)5-6-12(15-8)16-10-4-2-3-9(14)7-10/h2-7H,1H3. The summed E-state index contributed by atoms with van der Waals surface area (Å²) in [5.74, 6) is 1.24. The van der Waals surface area contributed by atoms with Gasteiger partial charge in [0.05, 0.1) is 5.69 Å². The number of ether oxygens (including phenoxy) is 1. The minimum Gasteiger partial charge on any atom is -0.439 e. The Morgan fingerprint density at radius 3 is 2.75 bits per heavy atom. The maximum atomic E-state index is 5.86. The fourth-order valence-corrected chi connectivity index (χ4v) is 1.63. The quantitative estimate of drug-likeness (QED) is 0.808. The van der Waals surface area contributed by atoms with Crippen molar-refractivity contribution in [3.8, 4) is 11.6 Å². The first kappa shape index (κ1) is 11.4. The molecule has 0 radical (unpaired) electrons. The van der Waals surface area contributed by atoms with Crippen molar-refractivity contribution in [3.63, 3.8) is 0 Å². The van der Waals surface area contributed by atoms with E-state index in [1.54, 1.807) is 18.2 Å². The molecule has 1 heterocycles. The van der Waals surface area contributed by atoms with E-state index >= 15 is 0 Å². The van der Waals surface area contributed by atoms with Gasteiger partial charge >= 0.3 is 0 Å². The molecule has 0 bridgehead atoms. The lowest BCUT2D eigenvalue weighted by molar-refractivity contribution is 0.461. The summed E-state index contributed by atoms with van der Waals surface area (Å²) in [6.07, 6.45) is 0. The molecular formula is C12H9BrClNO. The second-order valence-electron chi connectivity index (χ2n) is 3.28. The van der Waals surface area contributed by atoms with Crippen LogP contribution in [0, 0.1) is 6.92 Å². The van der Waals surface area contributed by atoms with E-state index in [0.717, 1.165) is 10.2 Å². The average molecular weight is 299 g/mol. The van der Waals surface area contributed by atoms with E-state index in [-0.39, 0.29) is 0 Å². The van der Waals surface area contributed by atoms with Crippen molar-refractivity contribution in [2.75, 3.05) is 0 Å². The molecule has 1 aromatic heterocycles. The molecule has 0 fully saturated rings. The number of halogens is 2. The minimum absolute atomic E-state index is 0.558. The highest BCUT2D eigenvalue weighted by atomic mass is 79.9.